The molecule has 0 fully saturated rings. The molecule has 0 aliphatic rings. The Morgan fingerprint density at radius 1 is 1.18 bits per heavy atom. The molecule has 0 N–H and O–H groups in total. The molecule has 0 saturated heterocycles. The van der Waals surface area contributed by atoms with Crippen molar-refractivity contribution in [2.75, 3.05) is 0 Å². The molecule has 0 spiro atoms. The van der Waals surface area contributed by atoms with E-state index >= 15 is 0 Å². The van der Waals surface area contributed by atoms with E-state index in [1.165, 1.54) is 11.6 Å². The highest BCUT2D eigenvalue weighted by Gasteiger charge is 2.04. The standard InChI is InChI=1S/C8H10FN.C8H8N2.C2H6/c1-6(2)8-7(9)4-3-5-10-8;1-2-7-3-4-8(5-9)10-6-7;1-2/h3-6H,1-2H3;3-4,6H,2H2,1H3;1-2H3. The van der Waals surface area contributed by atoms with Crippen LogP contribution in [0.1, 0.15) is 57.5 Å². The lowest BCUT2D eigenvalue weighted by Crippen LogP contribution is -1.95. The fourth-order valence-corrected chi connectivity index (χ4v) is 1.52. The number of aromatic nitrogens is 2. The molecule has 0 aromatic carbocycles. The van der Waals surface area contributed by atoms with Crippen LogP contribution in [-0.4, -0.2) is 9.97 Å². The number of nitriles is 1. The molecule has 0 atom stereocenters. The summed E-state index contributed by atoms with van der Waals surface area (Å²) in [6.45, 7) is 9.90. The Morgan fingerprint density at radius 2 is 1.86 bits per heavy atom. The molecule has 2 aromatic heterocycles. The molecule has 0 radical (unpaired) electrons. The van der Waals surface area contributed by atoms with E-state index in [2.05, 4.69) is 16.9 Å². The van der Waals surface area contributed by atoms with Gasteiger partial charge in [-0.25, -0.2) is 9.37 Å². The number of aryl methyl sites for hydroxylation is 1. The van der Waals surface area contributed by atoms with E-state index in [4.69, 9.17) is 5.26 Å². The van der Waals surface area contributed by atoms with Gasteiger partial charge < -0.3 is 0 Å². The van der Waals surface area contributed by atoms with Crippen molar-refractivity contribution in [3.05, 3.63) is 59.4 Å². The number of pyridine rings is 2. The summed E-state index contributed by atoms with van der Waals surface area (Å²) in [5.74, 6) is -0.0429. The lowest BCUT2D eigenvalue weighted by molar-refractivity contribution is 0.584. The van der Waals surface area contributed by atoms with Crippen LogP contribution in [-0.2, 0) is 6.42 Å². The van der Waals surface area contributed by atoms with Gasteiger partial charge >= 0.3 is 0 Å². The number of halogens is 1. The monoisotopic (exact) mass is 301 g/mol. The van der Waals surface area contributed by atoms with Crippen LogP contribution in [0.25, 0.3) is 0 Å². The summed E-state index contributed by atoms with van der Waals surface area (Å²) in [4.78, 5) is 7.81. The van der Waals surface area contributed by atoms with Crippen molar-refractivity contribution < 1.29 is 4.39 Å². The molecule has 0 saturated carbocycles. The number of hydrogen-bond donors (Lipinski definition) is 0. The third kappa shape index (κ3) is 6.94. The second kappa shape index (κ2) is 11.4. The van der Waals surface area contributed by atoms with Crippen molar-refractivity contribution in [2.45, 2.75) is 47.0 Å². The Hall–Kier alpha value is -2.28. The van der Waals surface area contributed by atoms with Gasteiger partial charge in [-0.3, -0.25) is 4.98 Å². The van der Waals surface area contributed by atoms with Gasteiger partial charge in [0.15, 0.2) is 0 Å². The lowest BCUT2D eigenvalue weighted by atomic mass is 10.1. The largest absolute Gasteiger partial charge is 0.258 e. The second-order valence-electron chi connectivity index (χ2n) is 4.54. The molecule has 22 heavy (non-hydrogen) atoms. The quantitative estimate of drug-likeness (QED) is 0.793. The summed E-state index contributed by atoms with van der Waals surface area (Å²) < 4.78 is 12.8. The SMILES string of the molecule is CC.CC(C)c1ncccc1F.CCc1ccc(C#N)nc1. The summed E-state index contributed by atoms with van der Waals surface area (Å²) in [6, 6.07) is 8.66. The fraction of sp³-hybridized carbons (Fsp3) is 0.389. The summed E-state index contributed by atoms with van der Waals surface area (Å²) in [5.41, 5.74) is 2.19. The van der Waals surface area contributed by atoms with Gasteiger partial charge in [-0.1, -0.05) is 40.7 Å². The van der Waals surface area contributed by atoms with E-state index < -0.39 is 0 Å². The van der Waals surface area contributed by atoms with Gasteiger partial charge in [0.25, 0.3) is 0 Å². The first-order valence-electron chi connectivity index (χ1n) is 7.53. The summed E-state index contributed by atoms with van der Waals surface area (Å²) in [5, 5.41) is 8.39. The third-order valence-corrected chi connectivity index (χ3v) is 2.68. The molecular formula is C18H24FN3. The average molecular weight is 301 g/mol. The van der Waals surface area contributed by atoms with Gasteiger partial charge in [-0.2, -0.15) is 5.26 Å². The van der Waals surface area contributed by atoms with E-state index in [0.29, 0.717) is 11.4 Å². The normalized spacial score (nSPS) is 9.00. The summed E-state index contributed by atoms with van der Waals surface area (Å²) in [6.07, 6.45) is 4.32. The van der Waals surface area contributed by atoms with Crippen LogP contribution in [0.2, 0.25) is 0 Å². The summed E-state index contributed by atoms with van der Waals surface area (Å²) >= 11 is 0. The Labute approximate surface area is 132 Å². The smallest absolute Gasteiger partial charge is 0.144 e. The van der Waals surface area contributed by atoms with Gasteiger partial charge in [-0.15, -0.1) is 0 Å². The summed E-state index contributed by atoms with van der Waals surface area (Å²) in [7, 11) is 0. The first kappa shape index (κ1) is 19.7. The van der Waals surface area contributed by atoms with E-state index in [-0.39, 0.29) is 11.7 Å². The van der Waals surface area contributed by atoms with Crippen molar-refractivity contribution in [1.29, 1.82) is 5.26 Å². The molecule has 0 aliphatic carbocycles. The molecule has 2 rings (SSSR count). The zero-order chi connectivity index (χ0) is 17.0. The van der Waals surface area contributed by atoms with Gasteiger partial charge in [0.05, 0.1) is 5.69 Å². The van der Waals surface area contributed by atoms with Gasteiger partial charge in [0, 0.05) is 12.4 Å². The Morgan fingerprint density at radius 3 is 2.23 bits per heavy atom. The molecule has 0 bridgehead atoms. The molecule has 118 valence electrons. The number of rotatable bonds is 2. The second-order valence-corrected chi connectivity index (χ2v) is 4.54. The van der Waals surface area contributed by atoms with Crippen LogP contribution >= 0.6 is 0 Å². The predicted octanol–water partition coefficient (Wildman–Crippen LogP) is 4.89. The molecule has 2 heterocycles. The zero-order valence-electron chi connectivity index (χ0n) is 14.0. The van der Waals surface area contributed by atoms with Crippen LogP contribution in [0.3, 0.4) is 0 Å². The fourth-order valence-electron chi connectivity index (χ4n) is 1.52. The van der Waals surface area contributed by atoms with E-state index in [1.54, 1.807) is 24.5 Å². The average Bonchev–Trinajstić information content (AvgIpc) is 2.57. The molecule has 0 unspecified atom stereocenters. The molecule has 0 aliphatic heterocycles. The predicted molar refractivity (Wildman–Crippen MR) is 88.0 cm³/mol. The van der Waals surface area contributed by atoms with Crippen molar-refractivity contribution in [3.8, 4) is 6.07 Å². The van der Waals surface area contributed by atoms with Gasteiger partial charge in [0.2, 0.25) is 0 Å². The van der Waals surface area contributed by atoms with Crippen molar-refractivity contribution >= 4 is 0 Å². The first-order chi connectivity index (χ1) is 10.6. The Bertz CT molecular complexity index is 572. The zero-order valence-corrected chi connectivity index (χ0v) is 14.0. The van der Waals surface area contributed by atoms with Crippen LogP contribution in [0.15, 0.2) is 36.7 Å². The van der Waals surface area contributed by atoms with Crippen LogP contribution in [0.5, 0.6) is 0 Å². The molecule has 0 amide bonds. The molecule has 2 aromatic rings. The molecule has 3 nitrogen and oxygen atoms in total. The maximum Gasteiger partial charge on any atom is 0.144 e. The minimum Gasteiger partial charge on any atom is -0.258 e. The van der Waals surface area contributed by atoms with Crippen molar-refractivity contribution in [2.24, 2.45) is 0 Å². The van der Waals surface area contributed by atoms with Crippen molar-refractivity contribution in [3.63, 3.8) is 0 Å². The maximum atomic E-state index is 12.8. The maximum absolute atomic E-state index is 12.8. The minimum absolute atomic E-state index is 0.168. The highest BCUT2D eigenvalue weighted by Crippen LogP contribution is 2.13. The van der Waals surface area contributed by atoms with Crippen molar-refractivity contribution in [1.82, 2.24) is 9.97 Å². The Balaban J connectivity index is 0.000000360. The van der Waals surface area contributed by atoms with E-state index in [1.807, 2.05) is 39.8 Å². The number of nitrogens with zero attached hydrogens (tertiary/aromatic N) is 3. The lowest BCUT2D eigenvalue weighted by Gasteiger charge is -2.02. The first-order valence-corrected chi connectivity index (χ1v) is 7.53. The van der Waals surface area contributed by atoms with E-state index in [0.717, 1.165) is 6.42 Å². The van der Waals surface area contributed by atoms with Crippen LogP contribution in [0, 0.1) is 17.1 Å². The molecular weight excluding hydrogens is 277 g/mol. The number of hydrogen-bond acceptors (Lipinski definition) is 3. The van der Waals surface area contributed by atoms with Crippen LogP contribution in [0.4, 0.5) is 4.39 Å². The van der Waals surface area contributed by atoms with Crippen LogP contribution < -0.4 is 0 Å². The van der Waals surface area contributed by atoms with Gasteiger partial charge in [-0.05, 0) is 36.1 Å². The highest BCUT2D eigenvalue weighted by molar-refractivity contribution is 5.22. The van der Waals surface area contributed by atoms with E-state index in [9.17, 15) is 4.39 Å². The third-order valence-electron chi connectivity index (χ3n) is 2.68. The minimum atomic E-state index is -0.211. The Kier molecular flexibility index (Phi) is 10.2. The van der Waals surface area contributed by atoms with Gasteiger partial charge in [0.1, 0.15) is 17.6 Å². The molecule has 4 heteroatoms. The topological polar surface area (TPSA) is 49.6 Å². The highest BCUT2D eigenvalue weighted by atomic mass is 19.1.